The lowest BCUT2D eigenvalue weighted by atomic mass is 9.74. The predicted molar refractivity (Wildman–Crippen MR) is 150 cm³/mol. The van der Waals surface area contributed by atoms with Crippen molar-refractivity contribution in [3.8, 4) is 5.75 Å². The van der Waals surface area contributed by atoms with Crippen LogP contribution in [-0.2, 0) is 15.0 Å². The maximum atomic E-state index is 14.3. The number of nitrogens with zero attached hydrogens (tertiary/aromatic N) is 3. The second-order valence-electron chi connectivity index (χ2n) is 11.7. The van der Waals surface area contributed by atoms with Gasteiger partial charge in [-0.05, 0) is 74.7 Å². The average Bonchev–Trinajstić information content (AvgIpc) is 3.44. The number of likely N-dealkylation sites (tertiary alicyclic amines) is 1. The van der Waals surface area contributed by atoms with E-state index in [-0.39, 0.29) is 17.6 Å². The minimum atomic E-state index is -0.705. The number of halogens is 2. The third kappa shape index (κ3) is 6.25. The Bertz CT molecular complexity index is 1160. The first-order chi connectivity index (χ1) is 18.8. The van der Waals surface area contributed by atoms with Crippen molar-refractivity contribution in [3.63, 3.8) is 0 Å². The summed E-state index contributed by atoms with van der Waals surface area (Å²) in [6, 6.07) is 13.8. The molecule has 0 N–H and O–H groups in total. The van der Waals surface area contributed by atoms with Crippen molar-refractivity contribution >= 4 is 23.4 Å². The highest BCUT2D eigenvalue weighted by molar-refractivity contribution is 6.30. The zero-order valence-corrected chi connectivity index (χ0v) is 23.6. The molecule has 1 aliphatic carbocycles. The molecule has 39 heavy (non-hydrogen) atoms. The molecule has 0 spiro atoms. The van der Waals surface area contributed by atoms with Gasteiger partial charge < -0.3 is 19.4 Å². The van der Waals surface area contributed by atoms with Gasteiger partial charge in [0.05, 0.1) is 12.0 Å². The monoisotopic (exact) mass is 555 g/mol. The molecule has 2 heterocycles. The van der Waals surface area contributed by atoms with E-state index in [0.29, 0.717) is 36.9 Å². The van der Waals surface area contributed by atoms with Crippen LogP contribution in [-0.4, -0.2) is 79.4 Å². The van der Waals surface area contributed by atoms with Crippen LogP contribution in [0.4, 0.5) is 4.39 Å². The van der Waals surface area contributed by atoms with Gasteiger partial charge in [-0.25, -0.2) is 4.39 Å². The molecule has 5 rings (SSSR count). The maximum Gasteiger partial charge on any atom is 0.233 e. The molecule has 2 amide bonds. The quantitative estimate of drug-likeness (QED) is 0.474. The first-order valence-electron chi connectivity index (χ1n) is 14.2. The van der Waals surface area contributed by atoms with E-state index in [9.17, 15) is 14.0 Å². The summed E-state index contributed by atoms with van der Waals surface area (Å²) >= 11 is 6.07. The Labute approximate surface area is 236 Å². The van der Waals surface area contributed by atoms with Gasteiger partial charge in [-0.1, -0.05) is 36.6 Å². The van der Waals surface area contributed by atoms with Gasteiger partial charge >= 0.3 is 0 Å². The molecule has 6 nitrogen and oxygen atoms in total. The number of likely N-dealkylation sites (N-methyl/N-ethyl adjacent to an activating group) is 1. The smallest absolute Gasteiger partial charge is 0.233 e. The van der Waals surface area contributed by atoms with E-state index in [4.69, 9.17) is 16.3 Å². The van der Waals surface area contributed by atoms with Crippen molar-refractivity contribution in [2.24, 2.45) is 5.41 Å². The summed E-state index contributed by atoms with van der Waals surface area (Å²) in [7, 11) is 2.07. The number of hydrogen-bond acceptors (Lipinski definition) is 4. The van der Waals surface area contributed by atoms with Crippen molar-refractivity contribution in [2.75, 3.05) is 52.9 Å². The first kappa shape index (κ1) is 27.9. The highest BCUT2D eigenvalue weighted by Crippen LogP contribution is 2.45. The Hall–Kier alpha value is -2.64. The molecule has 2 aromatic carbocycles. The van der Waals surface area contributed by atoms with E-state index >= 15 is 0 Å². The van der Waals surface area contributed by atoms with Crippen molar-refractivity contribution in [3.05, 3.63) is 64.9 Å². The number of piperidine rings is 1. The summed E-state index contributed by atoms with van der Waals surface area (Å²) in [5, 5.41) is 0.635. The fraction of sp³-hybridized carbons (Fsp3) is 0.548. The molecule has 0 aromatic heterocycles. The normalized spacial score (nSPS) is 23.6. The van der Waals surface area contributed by atoms with E-state index < -0.39 is 10.8 Å². The zero-order chi connectivity index (χ0) is 27.5. The van der Waals surface area contributed by atoms with E-state index in [1.807, 2.05) is 28.0 Å². The Balaban J connectivity index is 1.39. The Morgan fingerprint density at radius 1 is 0.923 bits per heavy atom. The van der Waals surface area contributed by atoms with Crippen LogP contribution in [0.1, 0.15) is 50.5 Å². The lowest BCUT2D eigenvalue weighted by molar-refractivity contribution is -0.146. The fourth-order valence-electron chi connectivity index (χ4n) is 6.64. The number of carbonyl (C=O) groups excluding carboxylic acids is 2. The fourth-order valence-corrected chi connectivity index (χ4v) is 6.77. The third-order valence-corrected chi connectivity index (χ3v) is 9.19. The highest BCUT2D eigenvalue weighted by atomic mass is 35.5. The van der Waals surface area contributed by atoms with Gasteiger partial charge in [0, 0.05) is 56.1 Å². The Kier molecular flexibility index (Phi) is 8.48. The van der Waals surface area contributed by atoms with Crippen molar-refractivity contribution in [2.45, 2.75) is 50.4 Å². The molecular formula is C31H39ClFN3O3. The van der Waals surface area contributed by atoms with Gasteiger partial charge in [-0.3, -0.25) is 9.59 Å². The van der Waals surface area contributed by atoms with Crippen LogP contribution in [0.3, 0.4) is 0 Å². The number of ether oxygens (including phenoxy) is 1. The van der Waals surface area contributed by atoms with E-state index in [1.54, 1.807) is 18.2 Å². The second-order valence-corrected chi connectivity index (χ2v) is 12.2. The molecule has 3 fully saturated rings. The van der Waals surface area contributed by atoms with E-state index in [0.717, 1.165) is 70.3 Å². The lowest BCUT2D eigenvalue weighted by Gasteiger charge is -2.46. The van der Waals surface area contributed by atoms with E-state index in [2.05, 4.69) is 11.9 Å². The molecule has 2 aliphatic heterocycles. The summed E-state index contributed by atoms with van der Waals surface area (Å²) in [4.78, 5) is 34.0. The SMILES string of the molecule is CN1CCN(C(=O)C[C@]2(COc3ccc(Cl)cc3)CCCN(C(=O)C3(c4cccc(F)c4)CCCC3)C2)CC1. The average molecular weight is 556 g/mol. The summed E-state index contributed by atoms with van der Waals surface area (Å²) in [5.41, 5.74) is -0.438. The van der Waals surface area contributed by atoms with Crippen molar-refractivity contribution in [1.29, 1.82) is 0 Å². The van der Waals surface area contributed by atoms with Gasteiger partial charge in [0.1, 0.15) is 11.6 Å². The molecule has 2 aromatic rings. The van der Waals surface area contributed by atoms with Crippen LogP contribution in [0.25, 0.3) is 0 Å². The summed E-state index contributed by atoms with van der Waals surface area (Å²) in [5.74, 6) is 0.570. The third-order valence-electron chi connectivity index (χ3n) is 8.93. The molecule has 210 valence electrons. The van der Waals surface area contributed by atoms with Crippen LogP contribution in [0.2, 0.25) is 5.02 Å². The topological polar surface area (TPSA) is 53.1 Å². The number of benzene rings is 2. The van der Waals surface area contributed by atoms with Gasteiger partial charge in [0.2, 0.25) is 11.8 Å². The number of carbonyl (C=O) groups is 2. The molecule has 2 saturated heterocycles. The van der Waals surface area contributed by atoms with Gasteiger partial charge in [0.25, 0.3) is 0 Å². The summed E-state index contributed by atoms with van der Waals surface area (Å²) in [6.07, 6.45) is 5.27. The molecule has 8 heteroatoms. The second kappa shape index (κ2) is 11.8. The van der Waals surface area contributed by atoms with Crippen LogP contribution >= 0.6 is 11.6 Å². The largest absolute Gasteiger partial charge is 0.493 e. The predicted octanol–water partition coefficient (Wildman–Crippen LogP) is 5.14. The highest BCUT2D eigenvalue weighted by Gasteiger charge is 2.48. The minimum absolute atomic E-state index is 0.0632. The van der Waals surface area contributed by atoms with Gasteiger partial charge in [-0.2, -0.15) is 0 Å². The first-order valence-corrected chi connectivity index (χ1v) is 14.6. The van der Waals surface area contributed by atoms with Crippen LogP contribution in [0, 0.1) is 11.2 Å². The molecule has 1 saturated carbocycles. The van der Waals surface area contributed by atoms with Crippen LogP contribution < -0.4 is 4.74 Å². The minimum Gasteiger partial charge on any atom is -0.493 e. The van der Waals surface area contributed by atoms with Crippen molar-refractivity contribution < 1.29 is 18.7 Å². The standard InChI is InChI=1S/C31H39ClFN3O3/c1-34-16-18-35(19-17-34)28(37)21-30(23-39-27-10-8-25(32)9-11-27)12-5-15-36(22-30)29(38)31(13-2-3-14-31)24-6-4-7-26(33)20-24/h4,6-11,20H,2-3,5,12-19,21-23H2,1H3/t30-/m1/s1. The Morgan fingerprint density at radius 3 is 2.33 bits per heavy atom. The maximum absolute atomic E-state index is 14.3. The molecule has 0 unspecified atom stereocenters. The summed E-state index contributed by atoms with van der Waals surface area (Å²) < 4.78 is 20.5. The molecule has 1 atom stereocenters. The Morgan fingerprint density at radius 2 is 1.64 bits per heavy atom. The number of piperazine rings is 1. The molecule has 0 radical (unpaired) electrons. The molecule has 0 bridgehead atoms. The van der Waals surface area contributed by atoms with Gasteiger partial charge in [0.15, 0.2) is 0 Å². The lowest BCUT2D eigenvalue weighted by Crippen LogP contribution is -2.56. The van der Waals surface area contributed by atoms with E-state index in [1.165, 1.54) is 12.1 Å². The number of hydrogen-bond donors (Lipinski definition) is 0. The summed E-state index contributed by atoms with van der Waals surface area (Å²) in [6.45, 7) is 4.59. The van der Waals surface area contributed by atoms with Crippen LogP contribution in [0.15, 0.2) is 48.5 Å². The van der Waals surface area contributed by atoms with Crippen molar-refractivity contribution in [1.82, 2.24) is 14.7 Å². The number of rotatable bonds is 7. The number of amides is 2. The van der Waals surface area contributed by atoms with Gasteiger partial charge in [-0.15, -0.1) is 0 Å². The van der Waals surface area contributed by atoms with Crippen LogP contribution in [0.5, 0.6) is 5.75 Å². The molecule has 3 aliphatic rings. The zero-order valence-electron chi connectivity index (χ0n) is 22.8. The molecular weight excluding hydrogens is 517 g/mol.